The molecule has 0 spiro atoms. The number of fused-ring (bicyclic) bond motifs is 1. The van der Waals surface area contributed by atoms with Gasteiger partial charge in [-0.15, -0.1) is 5.10 Å². The molecule has 1 aliphatic rings. The van der Waals surface area contributed by atoms with Crippen LogP contribution in [-0.2, 0) is 10.5 Å². The molecule has 1 aliphatic heterocycles. The molecule has 1 atom stereocenters. The van der Waals surface area contributed by atoms with Gasteiger partial charge in [-0.05, 0) is 55.7 Å². The van der Waals surface area contributed by atoms with Gasteiger partial charge in [-0.1, -0.05) is 83.5 Å². The molecule has 0 unspecified atom stereocenters. The standard InChI is InChI=1S/C28H26ClN5OS/c1-17-8-6-10-20(14-17)16-36-28-32-27-30-19(3)24(26(35)31-23-13-5-4-9-18(23)2)25(34(27)33-28)21-11-7-12-22(29)15-21/h4-15,25H,16H2,1-3H3,(H,31,35)(H,30,32,33)/t25-/m0/s1. The second-order valence-electron chi connectivity index (χ2n) is 8.83. The number of aromatic nitrogens is 3. The summed E-state index contributed by atoms with van der Waals surface area (Å²) in [4.78, 5) is 18.4. The Morgan fingerprint density at radius 1 is 1.06 bits per heavy atom. The lowest BCUT2D eigenvalue weighted by Gasteiger charge is -2.29. The van der Waals surface area contributed by atoms with Gasteiger partial charge in [-0.25, -0.2) is 4.68 Å². The minimum atomic E-state index is -0.482. The second-order valence-corrected chi connectivity index (χ2v) is 10.2. The van der Waals surface area contributed by atoms with E-state index in [-0.39, 0.29) is 5.91 Å². The quantitative estimate of drug-likeness (QED) is 0.277. The zero-order chi connectivity index (χ0) is 25.2. The summed E-state index contributed by atoms with van der Waals surface area (Å²) < 4.78 is 1.78. The SMILES string of the molecule is CC1=C(C(=O)Nc2ccccc2C)[C@H](c2cccc(Cl)c2)n2nc(SCc3cccc(C)c3)nc2N1. The van der Waals surface area contributed by atoms with Crippen molar-refractivity contribution in [2.24, 2.45) is 0 Å². The predicted molar refractivity (Wildman–Crippen MR) is 146 cm³/mol. The molecule has 3 aromatic carbocycles. The van der Waals surface area contributed by atoms with Gasteiger partial charge in [0.05, 0.1) is 5.57 Å². The fraction of sp³-hybridized carbons (Fsp3) is 0.179. The fourth-order valence-electron chi connectivity index (χ4n) is 4.32. The summed E-state index contributed by atoms with van der Waals surface area (Å²) in [6.45, 7) is 5.94. The van der Waals surface area contributed by atoms with Crippen molar-refractivity contribution in [3.63, 3.8) is 0 Å². The maximum atomic E-state index is 13.6. The topological polar surface area (TPSA) is 71.8 Å². The molecule has 0 bridgehead atoms. The number of rotatable bonds is 6. The van der Waals surface area contributed by atoms with E-state index < -0.39 is 6.04 Å². The molecule has 182 valence electrons. The number of thioether (sulfide) groups is 1. The van der Waals surface area contributed by atoms with Crippen LogP contribution in [0.4, 0.5) is 11.6 Å². The molecule has 5 rings (SSSR count). The van der Waals surface area contributed by atoms with Crippen LogP contribution in [0.1, 0.15) is 35.2 Å². The van der Waals surface area contributed by atoms with E-state index in [0.717, 1.165) is 28.3 Å². The first-order valence-electron chi connectivity index (χ1n) is 11.6. The summed E-state index contributed by atoms with van der Waals surface area (Å²) >= 11 is 7.92. The third-order valence-electron chi connectivity index (χ3n) is 6.09. The number of nitrogens with one attached hydrogen (secondary N) is 2. The number of para-hydroxylation sites is 1. The first-order valence-corrected chi connectivity index (χ1v) is 13.0. The van der Waals surface area contributed by atoms with Crippen LogP contribution < -0.4 is 10.6 Å². The number of allylic oxidation sites excluding steroid dienone is 1. The van der Waals surface area contributed by atoms with Crippen molar-refractivity contribution in [3.05, 3.63) is 111 Å². The maximum Gasteiger partial charge on any atom is 0.255 e. The van der Waals surface area contributed by atoms with Gasteiger partial charge in [0, 0.05) is 22.2 Å². The van der Waals surface area contributed by atoms with Gasteiger partial charge in [0.2, 0.25) is 11.1 Å². The van der Waals surface area contributed by atoms with E-state index in [2.05, 4.69) is 41.8 Å². The van der Waals surface area contributed by atoms with Gasteiger partial charge in [0.15, 0.2) is 0 Å². The van der Waals surface area contributed by atoms with E-state index in [1.807, 2.05) is 62.4 Å². The number of anilines is 2. The number of benzene rings is 3. The number of hydrogen-bond acceptors (Lipinski definition) is 5. The number of hydrogen-bond donors (Lipinski definition) is 2. The van der Waals surface area contributed by atoms with Crippen LogP contribution in [0.25, 0.3) is 0 Å². The summed E-state index contributed by atoms with van der Waals surface area (Å²) in [6.07, 6.45) is 0. The van der Waals surface area contributed by atoms with Crippen LogP contribution in [0.2, 0.25) is 5.02 Å². The zero-order valence-electron chi connectivity index (χ0n) is 20.2. The second kappa shape index (κ2) is 10.2. The van der Waals surface area contributed by atoms with E-state index in [1.54, 1.807) is 16.4 Å². The highest BCUT2D eigenvalue weighted by Gasteiger charge is 2.34. The molecular formula is C28H26ClN5OS. The van der Waals surface area contributed by atoms with Crippen LogP contribution in [0.5, 0.6) is 0 Å². The average Bonchev–Trinajstić information content (AvgIpc) is 3.25. The van der Waals surface area contributed by atoms with Crippen molar-refractivity contribution < 1.29 is 4.79 Å². The molecule has 8 heteroatoms. The zero-order valence-corrected chi connectivity index (χ0v) is 21.8. The van der Waals surface area contributed by atoms with E-state index in [9.17, 15) is 4.79 Å². The summed E-state index contributed by atoms with van der Waals surface area (Å²) in [7, 11) is 0. The van der Waals surface area contributed by atoms with Gasteiger partial charge in [0.25, 0.3) is 5.91 Å². The smallest absolute Gasteiger partial charge is 0.255 e. The predicted octanol–water partition coefficient (Wildman–Crippen LogP) is 6.77. The summed E-state index contributed by atoms with van der Waals surface area (Å²) in [5, 5.41) is 12.4. The van der Waals surface area contributed by atoms with Crippen LogP contribution in [0, 0.1) is 13.8 Å². The number of halogens is 1. The Bertz CT molecular complexity index is 1480. The fourth-order valence-corrected chi connectivity index (χ4v) is 5.29. The van der Waals surface area contributed by atoms with Crippen molar-refractivity contribution in [2.45, 2.75) is 37.7 Å². The highest BCUT2D eigenvalue weighted by atomic mass is 35.5. The van der Waals surface area contributed by atoms with Crippen LogP contribution in [-0.4, -0.2) is 20.7 Å². The number of carbonyl (C=O) groups excluding carboxylic acids is 1. The number of amides is 1. The third-order valence-corrected chi connectivity index (χ3v) is 7.23. The maximum absolute atomic E-state index is 13.6. The molecule has 2 heterocycles. The third kappa shape index (κ3) is 5.03. The van der Waals surface area contributed by atoms with Crippen molar-refractivity contribution in [2.75, 3.05) is 10.6 Å². The van der Waals surface area contributed by atoms with Gasteiger partial charge in [-0.2, -0.15) is 4.98 Å². The first-order chi connectivity index (χ1) is 17.4. The number of carbonyl (C=O) groups is 1. The normalized spacial score (nSPS) is 14.8. The van der Waals surface area contributed by atoms with E-state index in [4.69, 9.17) is 21.7 Å². The Hall–Kier alpha value is -3.55. The molecule has 0 fully saturated rings. The molecule has 0 aliphatic carbocycles. The molecule has 6 nitrogen and oxygen atoms in total. The lowest BCUT2D eigenvalue weighted by atomic mass is 9.95. The van der Waals surface area contributed by atoms with Gasteiger partial charge in [0.1, 0.15) is 6.04 Å². The summed E-state index contributed by atoms with van der Waals surface area (Å²) in [5.74, 6) is 1.14. The molecule has 0 radical (unpaired) electrons. The Kier molecular flexibility index (Phi) is 6.85. The minimum Gasteiger partial charge on any atom is -0.328 e. The van der Waals surface area contributed by atoms with Crippen molar-refractivity contribution in [1.82, 2.24) is 14.8 Å². The molecular weight excluding hydrogens is 490 g/mol. The highest BCUT2D eigenvalue weighted by molar-refractivity contribution is 7.98. The molecule has 1 aromatic heterocycles. The van der Waals surface area contributed by atoms with Crippen molar-refractivity contribution in [1.29, 1.82) is 0 Å². The molecule has 0 saturated carbocycles. The summed E-state index contributed by atoms with van der Waals surface area (Å²) in [5.41, 5.74) is 6.33. The van der Waals surface area contributed by atoms with E-state index >= 15 is 0 Å². The lowest BCUT2D eigenvalue weighted by Crippen LogP contribution is -2.31. The summed E-state index contributed by atoms with van der Waals surface area (Å²) in [6, 6.07) is 23.2. The van der Waals surface area contributed by atoms with Crippen molar-refractivity contribution >= 4 is 40.9 Å². The largest absolute Gasteiger partial charge is 0.328 e. The average molecular weight is 516 g/mol. The van der Waals surface area contributed by atoms with E-state index in [0.29, 0.717) is 21.7 Å². The molecule has 2 N–H and O–H groups in total. The Morgan fingerprint density at radius 2 is 1.86 bits per heavy atom. The monoisotopic (exact) mass is 515 g/mol. The van der Waals surface area contributed by atoms with Gasteiger partial charge >= 0.3 is 0 Å². The van der Waals surface area contributed by atoms with Crippen molar-refractivity contribution in [3.8, 4) is 0 Å². The molecule has 4 aromatic rings. The van der Waals surface area contributed by atoms with Crippen LogP contribution >= 0.6 is 23.4 Å². The lowest BCUT2D eigenvalue weighted by molar-refractivity contribution is -0.113. The Morgan fingerprint density at radius 3 is 2.64 bits per heavy atom. The van der Waals surface area contributed by atoms with E-state index in [1.165, 1.54) is 11.1 Å². The number of nitrogens with zero attached hydrogens (tertiary/aromatic N) is 3. The Balaban J connectivity index is 1.50. The van der Waals surface area contributed by atoms with Gasteiger partial charge in [-0.3, -0.25) is 4.79 Å². The molecule has 0 saturated heterocycles. The van der Waals surface area contributed by atoms with Crippen LogP contribution in [0.15, 0.2) is 89.2 Å². The van der Waals surface area contributed by atoms with Crippen LogP contribution in [0.3, 0.4) is 0 Å². The molecule has 36 heavy (non-hydrogen) atoms. The first kappa shape index (κ1) is 24.2. The molecule has 1 amide bonds. The Labute approximate surface area is 219 Å². The number of aryl methyl sites for hydroxylation is 2. The highest BCUT2D eigenvalue weighted by Crippen LogP contribution is 2.37. The minimum absolute atomic E-state index is 0.200. The van der Waals surface area contributed by atoms with Gasteiger partial charge < -0.3 is 10.6 Å².